The molecule has 5 heteroatoms. The molecule has 110 valence electrons. The highest BCUT2D eigenvalue weighted by atomic mass is 32.1. The maximum absolute atomic E-state index is 11.3. The molecule has 0 radical (unpaired) electrons. The lowest BCUT2D eigenvalue weighted by atomic mass is 10.2. The number of thiazole rings is 1. The topological polar surface area (TPSA) is 53.4 Å². The molecular formula is C16H18N2O2S. The van der Waals surface area contributed by atoms with Crippen LogP contribution in [0.2, 0.25) is 0 Å². The molecule has 0 atom stereocenters. The van der Waals surface area contributed by atoms with Gasteiger partial charge in [-0.2, -0.15) is 0 Å². The van der Waals surface area contributed by atoms with Crippen molar-refractivity contribution in [1.29, 1.82) is 0 Å². The van der Waals surface area contributed by atoms with Gasteiger partial charge in [0.05, 0.1) is 10.7 Å². The van der Waals surface area contributed by atoms with Gasteiger partial charge in [-0.25, -0.2) is 9.78 Å². The van der Waals surface area contributed by atoms with Gasteiger partial charge in [0.15, 0.2) is 0 Å². The van der Waals surface area contributed by atoms with Gasteiger partial charge in [0.1, 0.15) is 4.88 Å². The van der Waals surface area contributed by atoms with Crippen molar-refractivity contribution in [2.75, 3.05) is 20.6 Å². The van der Waals surface area contributed by atoms with Crippen LogP contribution in [0.5, 0.6) is 0 Å². The number of aromatic nitrogens is 1. The van der Waals surface area contributed by atoms with E-state index in [2.05, 4.69) is 9.88 Å². The first-order chi connectivity index (χ1) is 10.1. The van der Waals surface area contributed by atoms with E-state index in [1.165, 1.54) is 11.3 Å². The molecule has 0 fully saturated rings. The van der Waals surface area contributed by atoms with E-state index in [-0.39, 0.29) is 0 Å². The zero-order chi connectivity index (χ0) is 15.2. The molecule has 0 spiro atoms. The standard InChI is InChI=1S/C16H18N2O2S/c1-18(2)11-10-14-17-13(15(21-14)16(19)20)9-8-12-6-4-3-5-7-12/h3-9H,10-11H2,1-2H3,(H,19,20)/b9-8+. The normalized spacial score (nSPS) is 11.4. The molecule has 1 aromatic carbocycles. The average molecular weight is 302 g/mol. The Hall–Kier alpha value is -1.98. The zero-order valence-corrected chi connectivity index (χ0v) is 12.9. The van der Waals surface area contributed by atoms with Crippen molar-refractivity contribution in [1.82, 2.24) is 9.88 Å². The monoisotopic (exact) mass is 302 g/mol. The van der Waals surface area contributed by atoms with Gasteiger partial charge in [0.25, 0.3) is 0 Å². The summed E-state index contributed by atoms with van der Waals surface area (Å²) < 4.78 is 0. The third-order valence-corrected chi connectivity index (χ3v) is 4.02. The molecule has 4 nitrogen and oxygen atoms in total. The molecule has 0 aliphatic heterocycles. The van der Waals surface area contributed by atoms with Crippen molar-refractivity contribution in [3.05, 3.63) is 51.5 Å². The highest BCUT2D eigenvalue weighted by molar-refractivity contribution is 7.13. The maximum atomic E-state index is 11.3. The second kappa shape index (κ2) is 7.15. The lowest BCUT2D eigenvalue weighted by Crippen LogP contribution is -2.14. The van der Waals surface area contributed by atoms with Crippen LogP contribution in [0.25, 0.3) is 12.2 Å². The third kappa shape index (κ3) is 4.51. The number of hydrogen-bond acceptors (Lipinski definition) is 4. The minimum atomic E-state index is -0.920. The van der Waals surface area contributed by atoms with Gasteiger partial charge in [-0.3, -0.25) is 0 Å². The summed E-state index contributed by atoms with van der Waals surface area (Å²) >= 11 is 1.26. The summed E-state index contributed by atoms with van der Waals surface area (Å²) in [6.45, 7) is 0.856. The molecule has 0 amide bonds. The minimum Gasteiger partial charge on any atom is -0.477 e. The Morgan fingerprint density at radius 1 is 1.29 bits per heavy atom. The quantitative estimate of drug-likeness (QED) is 0.891. The minimum absolute atomic E-state index is 0.302. The van der Waals surface area contributed by atoms with Gasteiger partial charge in [0, 0.05) is 13.0 Å². The van der Waals surface area contributed by atoms with Crippen LogP contribution in [0.15, 0.2) is 30.3 Å². The van der Waals surface area contributed by atoms with E-state index >= 15 is 0 Å². The van der Waals surface area contributed by atoms with E-state index in [0.717, 1.165) is 23.5 Å². The van der Waals surface area contributed by atoms with Gasteiger partial charge >= 0.3 is 5.97 Å². The molecule has 21 heavy (non-hydrogen) atoms. The Morgan fingerprint density at radius 3 is 2.62 bits per heavy atom. The first kappa shape index (κ1) is 15.4. The smallest absolute Gasteiger partial charge is 0.348 e. The lowest BCUT2D eigenvalue weighted by molar-refractivity contribution is 0.0701. The van der Waals surface area contributed by atoms with Gasteiger partial charge < -0.3 is 10.0 Å². The highest BCUT2D eigenvalue weighted by Gasteiger charge is 2.15. The van der Waals surface area contributed by atoms with E-state index in [1.54, 1.807) is 6.08 Å². The fourth-order valence-corrected chi connectivity index (χ4v) is 2.69. The van der Waals surface area contributed by atoms with Crippen LogP contribution >= 0.6 is 11.3 Å². The summed E-state index contributed by atoms with van der Waals surface area (Å²) in [6.07, 6.45) is 4.42. The van der Waals surface area contributed by atoms with Crippen molar-refractivity contribution in [2.24, 2.45) is 0 Å². The van der Waals surface area contributed by atoms with Gasteiger partial charge in [0.2, 0.25) is 0 Å². The second-order valence-corrected chi connectivity index (χ2v) is 6.01. The van der Waals surface area contributed by atoms with Crippen LogP contribution in [0.4, 0.5) is 0 Å². The number of carbonyl (C=O) groups is 1. The van der Waals surface area contributed by atoms with Crippen LogP contribution < -0.4 is 0 Å². The van der Waals surface area contributed by atoms with E-state index in [9.17, 15) is 9.90 Å². The molecule has 0 bridgehead atoms. The predicted molar refractivity (Wildman–Crippen MR) is 86.7 cm³/mol. The molecule has 1 aromatic heterocycles. The fraction of sp³-hybridized carbons (Fsp3) is 0.250. The molecule has 1 heterocycles. The van der Waals surface area contributed by atoms with Gasteiger partial charge in [-0.05, 0) is 25.7 Å². The molecule has 0 saturated heterocycles. The molecular weight excluding hydrogens is 284 g/mol. The number of carboxylic acid groups (broad SMARTS) is 1. The highest BCUT2D eigenvalue weighted by Crippen LogP contribution is 2.21. The third-order valence-electron chi connectivity index (χ3n) is 2.90. The molecule has 0 aliphatic rings. The summed E-state index contributed by atoms with van der Waals surface area (Å²) in [6, 6.07) is 9.78. The summed E-state index contributed by atoms with van der Waals surface area (Å²) in [5.41, 5.74) is 1.56. The lowest BCUT2D eigenvalue weighted by Gasteiger charge is -2.06. The predicted octanol–water partition coefficient (Wildman–Crippen LogP) is 3.12. The van der Waals surface area contributed by atoms with Gasteiger partial charge in [-0.1, -0.05) is 36.4 Å². The van der Waals surface area contributed by atoms with Crippen LogP contribution in [-0.4, -0.2) is 41.6 Å². The van der Waals surface area contributed by atoms with Crippen molar-refractivity contribution in [2.45, 2.75) is 6.42 Å². The molecule has 2 aromatic rings. The maximum Gasteiger partial charge on any atom is 0.348 e. The molecule has 2 rings (SSSR count). The number of aromatic carboxylic acids is 1. The van der Waals surface area contributed by atoms with Crippen LogP contribution in [-0.2, 0) is 6.42 Å². The van der Waals surface area contributed by atoms with Crippen LogP contribution in [0, 0.1) is 0 Å². The summed E-state index contributed by atoms with van der Waals surface area (Å²) in [4.78, 5) is 18.1. The summed E-state index contributed by atoms with van der Waals surface area (Å²) in [7, 11) is 3.98. The zero-order valence-electron chi connectivity index (χ0n) is 12.1. The first-order valence-electron chi connectivity index (χ1n) is 6.67. The number of carboxylic acids is 1. The second-order valence-electron chi connectivity index (χ2n) is 4.92. The number of likely N-dealkylation sites (N-methyl/N-ethyl adjacent to an activating group) is 1. The summed E-state index contributed by atoms with van der Waals surface area (Å²) in [5.74, 6) is -0.920. The Labute approximate surface area is 128 Å². The molecule has 0 aliphatic carbocycles. The Morgan fingerprint density at radius 2 is 2.00 bits per heavy atom. The molecule has 1 N–H and O–H groups in total. The average Bonchev–Trinajstić information content (AvgIpc) is 2.87. The molecule has 0 saturated carbocycles. The number of hydrogen-bond donors (Lipinski definition) is 1. The Bertz CT molecular complexity index is 633. The SMILES string of the molecule is CN(C)CCc1nc(/C=C/c2ccccc2)c(C(=O)O)s1. The largest absolute Gasteiger partial charge is 0.477 e. The number of rotatable bonds is 6. The van der Waals surface area contributed by atoms with Crippen molar-refractivity contribution in [3.8, 4) is 0 Å². The number of benzene rings is 1. The Kier molecular flexibility index (Phi) is 5.25. The summed E-state index contributed by atoms with van der Waals surface area (Å²) in [5, 5.41) is 10.1. The number of nitrogens with zero attached hydrogens (tertiary/aromatic N) is 2. The Balaban J connectivity index is 2.21. The van der Waals surface area contributed by atoms with E-state index < -0.39 is 5.97 Å². The van der Waals surface area contributed by atoms with Crippen molar-refractivity contribution < 1.29 is 9.90 Å². The fourth-order valence-electron chi connectivity index (χ4n) is 1.81. The van der Waals surface area contributed by atoms with E-state index in [4.69, 9.17) is 0 Å². The molecule has 0 unspecified atom stereocenters. The van der Waals surface area contributed by atoms with Crippen LogP contribution in [0.3, 0.4) is 0 Å². The van der Waals surface area contributed by atoms with Crippen molar-refractivity contribution >= 4 is 29.5 Å². The van der Waals surface area contributed by atoms with Gasteiger partial charge in [-0.15, -0.1) is 11.3 Å². The van der Waals surface area contributed by atoms with Crippen LogP contribution in [0.1, 0.15) is 25.9 Å². The van der Waals surface area contributed by atoms with E-state index in [0.29, 0.717) is 10.6 Å². The first-order valence-corrected chi connectivity index (χ1v) is 7.49. The van der Waals surface area contributed by atoms with Crippen molar-refractivity contribution in [3.63, 3.8) is 0 Å². The van der Waals surface area contributed by atoms with E-state index in [1.807, 2.05) is 50.5 Å².